The van der Waals surface area contributed by atoms with Crippen LogP contribution in [0.1, 0.15) is 21.0 Å². The first-order valence-electron chi connectivity index (χ1n) is 6.80. The second-order valence-electron chi connectivity index (χ2n) is 4.93. The number of alkyl halides is 3. The van der Waals surface area contributed by atoms with Crippen molar-refractivity contribution in [3.8, 4) is 9.75 Å². The second-order valence-corrected chi connectivity index (χ2v) is 7.28. The minimum Gasteiger partial charge on any atom is -0.244 e. The third-order valence-electron chi connectivity index (χ3n) is 3.16. The Balaban J connectivity index is 1.74. The molecule has 0 saturated heterocycles. The molecule has 2 heterocycles. The van der Waals surface area contributed by atoms with E-state index in [9.17, 15) is 13.2 Å². The summed E-state index contributed by atoms with van der Waals surface area (Å²) in [6.45, 7) is 2.06. The molecule has 0 aliphatic rings. The summed E-state index contributed by atoms with van der Waals surface area (Å²) in [6, 6.07) is 9.21. The van der Waals surface area contributed by atoms with Crippen LogP contribution in [0.3, 0.4) is 0 Å². The van der Waals surface area contributed by atoms with Gasteiger partial charge < -0.3 is 0 Å². The number of thiazole rings is 1. The number of hydrogen-bond acceptors (Lipinski definition) is 3. The van der Waals surface area contributed by atoms with Crippen molar-refractivity contribution in [1.82, 2.24) is 4.98 Å². The third-order valence-corrected chi connectivity index (χ3v) is 5.32. The predicted octanol–water partition coefficient (Wildman–Crippen LogP) is 6.37. The van der Waals surface area contributed by atoms with Crippen LogP contribution in [-0.4, -0.2) is 4.98 Å². The summed E-state index contributed by atoms with van der Waals surface area (Å²) in [4.78, 5) is 7.85. The Morgan fingerprint density at radius 1 is 0.913 bits per heavy atom. The van der Waals surface area contributed by atoms with Gasteiger partial charge >= 0.3 is 6.18 Å². The van der Waals surface area contributed by atoms with Crippen LogP contribution in [0, 0.1) is 6.92 Å². The quantitative estimate of drug-likeness (QED) is 0.534. The molecule has 0 unspecified atom stereocenters. The number of rotatable bonds is 3. The maximum absolute atomic E-state index is 12.5. The van der Waals surface area contributed by atoms with Crippen LogP contribution in [-0.2, 0) is 6.18 Å². The Labute approximate surface area is 139 Å². The van der Waals surface area contributed by atoms with Gasteiger partial charge in [0.25, 0.3) is 0 Å². The first-order valence-corrected chi connectivity index (χ1v) is 8.43. The summed E-state index contributed by atoms with van der Waals surface area (Å²) in [6.07, 6.45) is 1.10. The smallest absolute Gasteiger partial charge is 0.244 e. The molecule has 0 fully saturated rings. The molecule has 0 bridgehead atoms. The monoisotopic (exact) mass is 351 g/mol. The maximum Gasteiger partial charge on any atom is 0.416 e. The average molecular weight is 351 g/mol. The highest BCUT2D eigenvalue weighted by atomic mass is 32.1. The lowest BCUT2D eigenvalue weighted by molar-refractivity contribution is -0.137. The molecule has 0 atom stereocenters. The molecule has 1 nitrogen and oxygen atoms in total. The number of hydrogen-bond donors (Lipinski definition) is 0. The van der Waals surface area contributed by atoms with Crippen LogP contribution in [0.5, 0.6) is 0 Å². The van der Waals surface area contributed by atoms with E-state index in [2.05, 4.69) is 24.0 Å². The molecular weight excluding hydrogens is 339 g/mol. The van der Waals surface area contributed by atoms with Gasteiger partial charge in [-0.25, -0.2) is 4.98 Å². The molecule has 1 aromatic carbocycles. The summed E-state index contributed by atoms with van der Waals surface area (Å²) in [5.74, 6) is 0. The van der Waals surface area contributed by atoms with E-state index in [0.29, 0.717) is 5.56 Å². The molecule has 0 N–H and O–H groups in total. The van der Waals surface area contributed by atoms with E-state index in [1.165, 1.54) is 21.9 Å². The van der Waals surface area contributed by atoms with Crippen molar-refractivity contribution in [3.63, 3.8) is 0 Å². The van der Waals surface area contributed by atoms with E-state index in [1.807, 2.05) is 12.3 Å². The van der Waals surface area contributed by atoms with E-state index in [1.54, 1.807) is 28.7 Å². The Hall–Kier alpha value is -1.92. The van der Waals surface area contributed by atoms with Gasteiger partial charge in [-0.3, -0.25) is 0 Å². The molecule has 23 heavy (non-hydrogen) atoms. The first kappa shape index (κ1) is 16.0. The number of benzene rings is 1. The van der Waals surface area contributed by atoms with Crippen LogP contribution in [0.4, 0.5) is 13.2 Å². The van der Waals surface area contributed by atoms with Crippen molar-refractivity contribution in [2.24, 2.45) is 0 Å². The molecule has 2 aromatic heterocycles. The van der Waals surface area contributed by atoms with E-state index >= 15 is 0 Å². The molecule has 3 aromatic rings. The van der Waals surface area contributed by atoms with Crippen molar-refractivity contribution < 1.29 is 13.2 Å². The van der Waals surface area contributed by atoms with Crippen LogP contribution < -0.4 is 0 Å². The molecule has 0 amide bonds. The molecule has 3 rings (SSSR count). The minimum absolute atomic E-state index is 0.640. The topological polar surface area (TPSA) is 12.9 Å². The standard InChI is InChI=1S/C17H12F3NS2/c1-11-2-8-14(22-11)15-10-21-16(23-15)9-5-12-3-6-13(7-4-12)17(18,19)20/h2-10H,1H3/b9-5+. The van der Waals surface area contributed by atoms with E-state index in [4.69, 9.17) is 0 Å². The van der Waals surface area contributed by atoms with Crippen LogP contribution in [0.2, 0.25) is 0 Å². The molecule has 0 aliphatic carbocycles. The van der Waals surface area contributed by atoms with Gasteiger partial charge in [0.1, 0.15) is 5.01 Å². The van der Waals surface area contributed by atoms with Crippen molar-refractivity contribution in [2.75, 3.05) is 0 Å². The van der Waals surface area contributed by atoms with Crippen molar-refractivity contribution in [3.05, 3.63) is 63.6 Å². The van der Waals surface area contributed by atoms with Crippen LogP contribution in [0.25, 0.3) is 21.9 Å². The van der Waals surface area contributed by atoms with E-state index in [0.717, 1.165) is 22.0 Å². The number of halogens is 3. The predicted molar refractivity (Wildman–Crippen MR) is 90.5 cm³/mol. The van der Waals surface area contributed by atoms with Gasteiger partial charge in [0, 0.05) is 16.0 Å². The zero-order valence-corrected chi connectivity index (χ0v) is 13.7. The van der Waals surface area contributed by atoms with E-state index in [-0.39, 0.29) is 0 Å². The maximum atomic E-state index is 12.5. The lowest BCUT2D eigenvalue weighted by Gasteiger charge is -2.05. The number of nitrogens with zero attached hydrogens (tertiary/aromatic N) is 1. The van der Waals surface area contributed by atoms with Gasteiger partial charge in [-0.05, 0) is 42.8 Å². The van der Waals surface area contributed by atoms with Crippen molar-refractivity contribution in [2.45, 2.75) is 13.1 Å². The van der Waals surface area contributed by atoms with Gasteiger partial charge in [-0.2, -0.15) is 13.2 Å². The highest BCUT2D eigenvalue weighted by molar-refractivity contribution is 7.22. The lowest BCUT2D eigenvalue weighted by Crippen LogP contribution is -2.03. The van der Waals surface area contributed by atoms with Crippen molar-refractivity contribution in [1.29, 1.82) is 0 Å². The number of aromatic nitrogens is 1. The Bertz CT molecular complexity index is 826. The van der Waals surface area contributed by atoms with Crippen LogP contribution in [0.15, 0.2) is 42.6 Å². The molecule has 0 spiro atoms. The Kier molecular flexibility index (Phi) is 4.37. The summed E-state index contributed by atoms with van der Waals surface area (Å²) in [5.41, 5.74) is 0.0703. The van der Waals surface area contributed by atoms with Gasteiger partial charge in [-0.15, -0.1) is 22.7 Å². The average Bonchev–Trinajstić information content (AvgIpc) is 3.13. The highest BCUT2D eigenvalue weighted by Gasteiger charge is 2.29. The Morgan fingerprint density at radius 2 is 1.65 bits per heavy atom. The normalized spacial score (nSPS) is 12.2. The van der Waals surface area contributed by atoms with Gasteiger partial charge in [0.05, 0.1) is 10.4 Å². The van der Waals surface area contributed by atoms with Crippen molar-refractivity contribution >= 4 is 34.8 Å². The number of thiophene rings is 1. The largest absolute Gasteiger partial charge is 0.416 e. The molecule has 6 heteroatoms. The minimum atomic E-state index is -4.30. The summed E-state index contributed by atoms with van der Waals surface area (Å²) in [5, 5.41) is 0.825. The fraction of sp³-hybridized carbons (Fsp3) is 0.118. The lowest BCUT2D eigenvalue weighted by atomic mass is 10.1. The molecular formula is C17H12F3NS2. The zero-order valence-electron chi connectivity index (χ0n) is 12.1. The zero-order chi connectivity index (χ0) is 16.4. The fourth-order valence-electron chi connectivity index (χ4n) is 2.00. The fourth-order valence-corrected chi connectivity index (χ4v) is 3.76. The number of aryl methyl sites for hydroxylation is 1. The summed E-state index contributed by atoms with van der Waals surface area (Å²) in [7, 11) is 0. The molecule has 0 radical (unpaired) electrons. The summed E-state index contributed by atoms with van der Waals surface area (Å²) >= 11 is 3.27. The van der Waals surface area contributed by atoms with E-state index < -0.39 is 11.7 Å². The SMILES string of the molecule is Cc1ccc(-c2cnc(/C=C/c3ccc(C(F)(F)F)cc3)s2)s1. The summed E-state index contributed by atoms with van der Waals surface area (Å²) < 4.78 is 37.5. The Morgan fingerprint density at radius 3 is 2.26 bits per heavy atom. The van der Waals surface area contributed by atoms with Crippen LogP contribution >= 0.6 is 22.7 Å². The third kappa shape index (κ3) is 3.89. The second kappa shape index (κ2) is 6.29. The van der Waals surface area contributed by atoms with Gasteiger partial charge in [-0.1, -0.05) is 18.2 Å². The van der Waals surface area contributed by atoms with Gasteiger partial charge in [0.15, 0.2) is 0 Å². The molecule has 0 aliphatic heterocycles. The highest BCUT2D eigenvalue weighted by Crippen LogP contribution is 2.33. The molecule has 0 saturated carbocycles. The first-order chi connectivity index (χ1) is 10.9. The molecule has 118 valence electrons. The van der Waals surface area contributed by atoms with Gasteiger partial charge in [0.2, 0.25) is 0 Å².